The molecule has 1 aromatic rings. The Kier molecular flexibility index (Phi) is 3.46. The Morgan fingerprint density at radius 1 is 1.58 bits per heavy atom. The lowest BCUT2D eigenvalue weighted by Gasteiger charge is -2.26. The second kappa shape index (κ2) is 5.05. The van der Waals surface area contributed by atoms with E-state index in [4.69, 9.17) is 5.11 Å². The highest BCUT2D eigenvalue weighted by Crippen LogP contribution is 2.28. The van der Waals surface area contributed by atoms with Gasteiger partial charge in [0.05, 0.1) is 10.5 Å². The summed E-state index contributed by atoms with van der Waals surface area (Å²) in [5, 5.41) is 19.9. The van der Waals surface area contributed by atoms with Gasteiger partial charge in [0.2, 0.25) is 5.82 Å². The van der Waals surface area contributed by atoms with E-state index in [0.717, 1.165) is 24.3 Å². The van der Waals surface area contributed by atoms with E-state index >= 15 is 0 Å². The number of carbonyl (C=O) groups is 1. The Labute approximate surface area is 109 Å². The molecule has 0 saturated heterocycles. The van der Waals surface area contributed by atoms with Crippen molar-refractivity contribution in [2.45, 2.75) is 13.3 Å². The molecular weight excluding hydrogens is 250 g/mol. The Hall–Kier alpha value is -2.44. The number of nitro groups is 1. The summed E-state index contributed by atoms with van der Waals surface area (Å²) in [6.07, 6.45) is 4.03. The van der Waals surface area contributed by atoms with Gasteiger partial charge in [-0.1, -0.05) is 11.6 Å². The van der Waals surface area contributed by atoms with Gasteiger partial charge in [-0.25, -0.2) is 9.78 Å². The van der Waals surface area contributed by atoms with Crippen LogP contribution in [0.3, 0.4) is 0 Å². The summed E-state index contributed by atoms with van der Waals surface area (Å²) in [6, 6.07) is 1.05. The number of carboxylic acid groups (broad SMARTS) is 1. The van der Waals surface area contributed by atoms with Gasteiger partial charge in [-0.15, -0.1) is 0 Å². The summed E-state index contributed by atoms with van der Waals surface area (Å²) in [6.45, 7) is 3.15. The van der Waals surface area contributed by atoms with E-state index < -0.39 is 10.9 Å². The second-order valence-electron chi connectivity index (χ2n) is 4.39. The van der Waals surface area contributed by atoms with Crippen LogP contribution in [0.25, 0.3) is 0 Å². The van der Waals surface area contributed by atoms with E-state index in [-0.39, 0.29) is 17.1 Å². The number of pyridine rings is 1. The zero-order chi connectivity index (χ0) is 14.0. The van der Waals surface area contributed by atoms with Crippen LogP contribution >= 0.6 is 0 Å². The fourth-order valence-corrected chi connectivity index (χ4v) is 2.03. The first-order valence-corrected chi connectivity index (χ1v) is 5.77. The van der Waals surface area contributed by atoms with Gasteiger partial charge in [0.25, 0.3) is 0 Å². The minimum atomic E-state index is -1.23. The fraction of sp³-hybridized carbons (Fsp3) is 0.333. The van der Waals surface area contributed by atoms with Crippen LogP contribution in [0.15, 0.2) is 23.9 Å². The van der Waals surface area contributed by atoms with Crippen molar-refractivity contribution in [3.8, 4) is 0 Å². The van der Waals surface area contributed by atoms with Gasteiger partial charge >= 0.3 is 11.7 Å². The Morgan fingerprint density at radius 3 is 2.89 bits per heavy atom. The van der Waals surface area contributed by atoms with E-state index in [1.54, 1.807) is 4.90 Å². The van der Waals surface area contributed by atoms with Crippen molar-refractivity contribution in [2.24, 2.45) is 0 Å². The average Bonchev–Trinajstić information content (AvgIpc) is 2.37. The van der Waals surface area contributed by atoms with Crippen LogP contribution in [-0.4, -0.2) is 34.1 Å². The van der Waals surface area contributed by atoms with Crippen LogP contribution in [-0.2, 0) is 0 Å². The third-order valence-corrected chi connectivity index (χ3v) is 2.92. The van der Waals surface area contributed by atoms with Crippen LogP contribution in [0, 0.1) is 10.1 Å². The molecule has 1 aliphatic rings. The first-order valence-electron chi connectivity index (χ1n) is 5.77. The highest BCUT2D eigenvalue weighted by Gasteiger charge is 2.24. The van der Waals surface area contributed by atoms with E-state index in [0.29, 0.717) is 13.1 Å². The maximum atomic E-state index is 11.1. The number of carboxylic acids is 1. The van der Waals surface area contributed by atoms with Crippen LogP contribution in [0.5, 0.6) is 0 Å². The minimum Gasteiger partial charge on any atom is -0.478 e. The predicted molar refractivity (Wildman–Crippen MR) is 68.4 cm³/mol. The monoisotopic (exact) mass is 263 g/mol. The van der Waals surface area contributed by atoms with Crippen LogP contribution in [0.4, 0.5) is 11.5 Å². The molecule has 0 spiro atoms. The topological polar surface area (TPSA) is 96.6 Å². The zero-order valence-corrected chi connectivity index (χ0v) is 10.4. The van der Waals surface area contributed by atoms with E-state index in [1.807, 2.05) is 6.92 Å². The number of hydrogen-bond donors (Lipinski definition) is 1. The van der Waals surface area contributed by atoms with Gasteiger partial charge in [-0.3, -0.25) is 10.1 Å². The third-order valence-electron chi connectivity index (χ3n) is 2.92. The highest BCUT2D eigenvalue weighted by molar-refractivity contribution is 5.88. The molecule has 2 rings (SSSR count). The summed E-state index contributed by atoms with van der Waals surface area (Å²) < 4.78 is 0. The van der Waals surface area contributed by atoms with Crippen molar-refractivity contribution < 1.29 is 14.8 Å². The molecule has 0 saturated carbocycles. The molecule has 0 radical (unpaired) electrons. The maximum absolute atomic E-state index is 11.1. The lowest BCUT2D eigenvalue weighted by atomic mass is 10.1. The Balaban J connectivity index is 2.42. The number of aromatic carboxylic acids is 1. The van der Waals surface area contributed by atoms with Gasteiger partial charge in [0, 0.05) is 25.4 Å². The quantitative estimate of drug-likeness (QED) is 0.507. The molecular formula is C12H13N3O4. The summed E-state index contributed by atoms with van der Waals surface area (Å²) in [4.78, 5) is 27.0. The van der Waals surface area contributed by atoms with Crippen molar-refractivity contribution in [3.05, 3.63) is 39.6 Å². The van der Waals surface area contributed by atoms with Crippen molar-refractivity contribution >= 4 is 17.5 Å². The van der Waals surface area contributed by atoms with E-state index in [2.05, 4.69) is 11.1 Å². The van der Waals surface area contributed by atoms with E-state index in [9.17, 15) is 14.9 Å². The molecule has 0 atom stereocenters. The normalized spacial score (nSPS) is 15.0. The molecule has 19 heavy (non-hydrogen) atoms. The lowest BCUT2D eigenvalue weighted by Crippen LogP contribution is -2.30. The summed E-state index contributed by atoms with van der Waals surface area (Å²) >= 11 is 0. The number of anilines is 1. The number of rotatable bonds is 3. The first-order chi connectivity index (χ1) is 8.99. The van der Waals surface area contributed by atoms with E-state index in [1.165, 1.54) is 0 Å². The highest BCUT2D eigenvalue weighted by atomic mass is 16.6. The molecule has 7 nitrogen and oxygen atoms in total. The van der Waals surface area contributed by atoms with Crippen LogP contribution < -0.4 is 4.90 Å². The minimum absolute atomic E-state index is 0.181. The SMILES string of the molecule is CC1=CCCN(c2ncc(C(=O)O)cc2[N+](=O)[O-])C1. The number of hydrogen-bond acceptors (Lipinski definition) is 5. The second-order valence-corrected chi connectivity index (χ2v) is 4.39. The van der Waals surface area contributed by atoms with Gasteiger partial charge in [0.15, 0.2) is 0 Å². The number of aromatic nitrogens is 1. The van der Waals surface area contributed by atoms with Crippen molar-refractivity contribution in [2.75, 3.05) is 18.0 Å². The summed E-state index contributed by atoms with van der Waals surface area (Å²) in [5.74, 6) is -1.00. The molecule has 0 amide bonds. The van der Waals surface area contributed by atoms with Crippen LogP contribution in [0.2, 0.25) is 0 Å². The molecule has 0 unspecified atom stereocenters. The predicted octanol–water partition coefficient (Wildman–Crippen LogP) is 1.84. The van der Waals surface area contributed by atoms with Gasteiger partial charge in [-0.2, -0.15) is 0 Å². The largest absolute Gasteiger partial charge is 0.478 e. The fourth-order valence-electron chi connectivity index (χ4n) is 2.03. The lowest BCUT2D eigenvalue weighted by molar-refractivity contribution is -0.384. The van der Waals surface area contributed by atoms with Crippen molar-refractivity contribution in [1.82, 2.24) is 4.98 Å². The van der Waals surface area contributed by atoms with Gasteiger partial charge in [0.1, 0.15) is 0 Å². The average molecular weight is 263 g/mol. The Bertz CT molecular complexity index is 568. The van der Waals surface area contributed by atoms with Crippen molar-refractivity contribution in [1.29, 1.82) is 0 Å². The van der Waals surface area contributed by atoms with Crippen LogP contribution in [0.1, 0.15) is 23.7 Å². The number of nitrogens with zero attached hydrogens (tertiary/aromatic N) is 3. The van der Waals surface area contributed by atoms with Gasteiger partial charge < -0.3 is 10.0 Å². The zero-order valence-electron chi connectivity index (χ0n) is 10.4. The van der Waals surface area contributed by atoms with Gasteiger partial charge in [-0.05, 0) is 13.3 Å². The smallest absolute Gasteiger partial charge is 0.337 e. The maximum Gasteiger partial charge on any atom is 0.337 e. The molecule has 0 fully saturated rings. The molecule has 1 N–H and O–H groups in total. The summed E-state index contributed by atoms with van der Waals surface area (Å²) in [5.41, 5.74) is 0.666. The van der Waals surface area contributed by atoms with Crippen molar-refractivity contribution in [3.63, 3.8) is 0 Å². The third kappa shape index (κ3) is 2.70. The molecule has 0 bridgehead atoms. The molecule has 0 aliphatic carbocycles. The molecule has 1 aromatic heterocycles. The molecule has 100 valence electrons. The summed E-state index contributed by atoms with van der Waals surface area (Å²) in [7, 11) is 0. The standard InChI is InChI=1S/C12H13N3O4/c1-8-3-2-4-14(7-8)11-10(15(18)19)5-9(6-13-11)12(16)17/h3,5-6H,2,4,7H2,1H3,(H,16,17). The molecule has 2 heterocycles. The molecule has 0 aromatic carbocycles. The molecule has 7 heteroatoms. The Morgan fingerprint density at radius 2 is 2.32 bits per heavy atom. The molecule has 1 aliphatic heterocycles. The first kappa shape index (κ1) is 13.0.